The van der Waals surface area contributed by atoms with E-state index in [2.05, 4.69) is 32.7 Å². The Hall–Kier alpha value is -0.0800. The van der Waals surface area contributed by atoms with Gasteiger partial charge in [-0.3, -0.25) is 0 Å². The third kappa shape index (κ3) is 2.73. The number of hydrogen-bond donors (Lipinski definition) is 0. The Labute approximate surface area is 94.0 Å². The van der Waals surface area contributed by atoms with Gasteiger partial charge in [0.1, 0.15) is 0 Å². The molecule has 0 atom stereocenters. The number of hydrogen-bond acceptors (Lipinski definition) is 2. The van der Waals surface area contributed by atoms with Crippen molar-refractivity contribution in [2.24, 2.45) is 5.41 Å². The standard InChI is InChI=1S/C13H25NO/c1-12(2,3)15-11-9-13(10-11)5-7-14(4)8-6-13/h11H,5-10H2,1-4H3. The second-order valence-electron chi connectivity index (χ2n) is 6.56. The molecule has 2 fully saturated rings. The van der Waals surface area contributed by atoms with Gasteiger partial charge in [0.15, 0.2) is 0 Å². The highest BCUT2D eigenvalue weighted by molar-refractivity contribution is 4.98. The third-order valence-corrected chi connectivity index (χ3v) is 3.89. The van der Waals surface area contributed by atoms with Crippen LogP contribution in [0.5, 0.6) is 0 Å². The molecule has 88 valence electrons. The first-order valence-corrected chi connectivity index (χ1v) is 6.25. The number of nitrogens with zero attached hydrogens (tertiary/aromatic N) is 1. The van der Waals surface area contributed by atoms with Crippen LogP contribution in [0.4, 0.5) is 0 Å². The van der Waals surface area contributed by atoms with Gasteiger partial charge in [-0.15, -0.1) is 0 Å². The fourth-order valence-corrected chi connectivity index (χ4v) is 2.99. The molecule has 0 amide bonds. The van der Waals surface area contributed by atoms with E-state index in [1.54, 1.807) is 0 Å². The summed E-state index contributed by atoms with van der Waals surface area (Å²) >= 11 is 0. The normalized spacial score (nSPS) is 28.0. The Morgan fingerprint density at radius 1 is 1.13 bits per heavy atom. The van der Waals surface area contributed by atoms with Gasteiger partial charge in [-0.1, -0.05) is 0 Å². The molecule has 1 heterocycles. The molecule has 1 aliphatic carbocycles. The van der Waals surface area contributed by atoms with Gasteiger partial charge in [0, 0.05) is 0 Å². The smallest absolute Gasteiger partial charge is 0.0602 e. The molecular formula is C13H25NO. The Kier molecular flexibility index (Phi) is 2.85. The molecule has 2 aliphatic rings. The topological polar surface area (TPSA) is 12.5 Å². The van der Waals surface area contributed by atoms with Gasteiger partial charge in [0.05, 0.1) is 11.7 Å². The van der Waals surface area contributed by atoms with E-state index in [9.17, 15) is 0 Å². The van der Waals surface area contributed by atoms with Crippen LogP contribution in [0.2, 0.25) is 0 Å². The molecule has 1 saturated heterocycles. The van der Waals surface area contributed by atoms with E-state index in [0.29, 0.717) is 11.5 Å². The summed E-state index contributed by atoms with van der Waals surface area (Å²) in [4.78, 5) is 2.45. The maximum atomic E-state index is 6.01. The van der Waals surface area contributed by atoms with Gasteiger partial charge in [-0.25, -0.2) is 0 Å². The van der Waals surface area contributed by atoms with E-state index < -0.39 is 0 Å². The molecule has 0 bridgehead atoms. The van der Waals surface area contributed by atoms with Crippen LogP contribution < -0.4 is 0 Å². The molecule has 1 aliphatic heterocycles. The van der Waals surface area contributed by atoms with E-state index in [4.69, 9.17) is 4.74 Å². The van der Waals surface area contributed by atoms with E-state index in [1.807, 2.05) is 0 Å². The maximum Gasteiger partial charge on any atom is 0.0602 e. The number of rotatable bonds is 1. The molecule has 2 rings (SSSR count). The Balaban J connectivity index is 1.77. The fraction of sp³-hybridized carbons (Fsp3) is 1.00. The van der Waals surface area contributed by atoms with Crippen molar-refractivity contribution in [3.63, 3.8) is 0 Å². The second-order valence-corrected chi connectivity index (χ2v) is 6.56. The highest BCUT2D eigenvalue weighted by atomic mass is 16.5. The predicted octanol–water partition coefficient (Wildman–Crippen LogP) is 2.68. The largest absolute Gasteiger partial charge is 0.373 e. The van der Waals surface area contributed by atoms with Crippen LogP contribution in [0.15, 0.2) is 0 Å². The van der Waals surface area contributed by atoms with Crippen LogP contribution in [-0.2, 0) is 4.74 Å². The first-order chi connectivity index (χ1) is 6.89. The lowest BCUT2D eigenvalue weighted by molar-refractivity contribution is -0.155. The summed E-state index contributed by atoms with van der Waals surface area (Å²) in [5, 5.41) is 0. The van der Waals surface area contributed by atoms with E-state index in [0.717, 1.165) is 0 Å². The number of piperidine rings is 1. The van der Waals surface area contributed by atoms with Crippen LogP contribution in [-0.4, -0.2) is 36.7 Å². The quantitative estimate of drug-likeness (QED) is 0.661. The summed E-state index contributed by atoms with van der Waals surface area (Å²) < 4.78 is 6.01. The lowest BCUT2D eigenvalue weighted by Gasteiger charge is -2.52. The zero-order chi connectivity index (χ0) is 11.1. The Morgan fingerprint density at radius 2 is 1.67 bits per heavy atom. The van der Waals surface area contributed by atoms with Crippen molar-refractivity contribution in [1.29, 1.82) is 0 Å². The Bertz CT molecular complexity index is 215. The van der Waals surface area contributed by atoms with Crippen molar-refractivity contribution in [1.82, 2.24) is 4.90 Å². The Morgan fingerprint density at radius 3 is 2.13 bits per heavy atom. The van der Waals surface area contributed by atoms with Crippen LogP contribution in [0.25, 0.3) is 0 Å². The first-order valence-electron chi connectivity index (χ1n) is 6.25. The average Bonchev–Trinajstić information content (AvgIpc) is 2.04. The van der Waals surface area contributed by atoms with Crippen molar-refractivity contribution in [2.75, 3.05) is 20.1 Å². The van der Waals surface area contributed by atoms with Gasteiger partial charge >= 0.3 is 0 Å². The highest BCUT2D eigenvalue weighted by Gasteiger charge is 2.46. The molecule has 0 aromatic rings. The maximum absolute atomic E-state index is 6.01. The monoisotopic (exact) mass is 211 g/mol. The van der Waals surface area contributed by atoms with Crippen LogP contribution >= 0.6 is 0 Å². The predicted molar refractivity (Wildman–Crippen MR) is 63.0 cm³/mol. The highest BCUT2D eigenvalue weighted by Crippen LogP contribution is 2.50. The molecular weight excluding hydrogens is 186 g/mol. The molecule has 0 aromatic heterocycles. The van der Waals surface area contributed by atoms with E-state index in [-0.39, 0.29) is 5.60 Å². The fourth-order valence-electron chi connectivity index (χ4n) is 2.99. The minimum Gasteiger partial charge on any atom is -0.373 e. The molecule has 2 heteroatoms. The van der Waals surface area contributed by atoms with Crippen molar-refractivity contribution in [2.45, 2.75) is 58.2 Å². The molecule has 1 spiro atoms. The molecule has 15 heavy (non-hydrogen) atoms. The minimum atomic E-state index is 0.0394. The SMILES string of the molecule is CN1CCC2(CC1)CC(OC(C)(C)C)C2. The molecule has 0 unspecified atom stereocenters. The van der Waals surface area contributed by atoms with Crippen molar-refractivity contribution >= 4 is 0 Å². The van der Waals surface area contributed by atoms with Crippen LogP contribution in [0.3, 0.4) is 0 Å². The van der Waals surface area contributed by atoms with Crippen LogP contribution in [0.1, 0.15) is 46.5 Å². The average molecular weight is 211 g/mol. The summed E-state index contributed by atoms with van der Waals surface area (Å²) in [5.41, 5.74) is 0.695. The lowest BCUT2D eigenvalue weighted by atomic mass is 9.61. The zero-order valence-electron chi connectivity index (χ0n) is 10.7. The molecule has 1 saturated carbocycles. The molecule has 0 N–H and O–H groups in total. The number of ether oxygens (including phenoxy) is 1. The second kappa shape index (κ2) is 3.74. The van der Waals surface area contributed by atoms with Gasteiger partial charge in [-0.2, -0.15) is 0 Å². The molecule has 0 radical (unpaired) electrons. The van der Waals surface area contributed by atoms with Gasteiger partial charge < -0.3 is 9.64 Å². The summed E-state index contributed by atoms with van der Waals surface area (Å²) in [6.45, 7) is 9.04. The van der Waals surface area contributed by atoms with Gasteiger partial charge in [0.2, 0.25) is 0 Å². The van der Waals surface area contributed by atoms with E-state index in [1.165, 1.54) is 38.8 Å². The van der Waals surface area contributed by atoms with Crippen LogP contribution in [0, 0.1) is 5.41 Å². The van der Waals surface area contributed by atoms with Gasteiger partial charge in [-0.05, 0) is 72.0 Å². The van der Waals surface area contributed by atoms with Crippen molar-refractivity contribution in [3.05, 3.63) is 0 Å². The molecule has 0 aromatic carbocycles. The summed E-state index contributed by atoms with van der Waals surface area (Å²) in [7, 11) is 2.23. The lowest BCUT2D eigenvalue weighted by Crippen LogP contribution is -2.50. The van der Waals surface area contributed by atoms with Gasteiger partial charge in [0.25, 0.3) is 0 Å². The zero-order valence-corrected chi connectivity index (χ0v) is 10.7. The summed E-state index contributed by atoms with van der Waals surface area (Å²) in [6.07, 6.45) is 5.91. The summed E-state index contributed by atoms with van der Waals surface area (Å²) in [6, 6.07) is 0. The minimum absolute atomic E-state index is 0.0394. The third-order valence-electron chi connectivity index (χ3n) is 3.89. The first kappa shape index (κ1) is 11.4. The van der Waals surface area contributed by atoms with E-state index >= 15 is 0 Å². The number of likely N-dealkylation sites (tertiary alicyclic amines) is 1. The van der Waals surface area contributed by atoms with Crippen molar-refractivity contribution < 1.29 is 4.74 Å². The summed E-state index contributed by atoms with van der Waals surface area (Å²) in [5.74, 6) is 0. The van der Waals surface area contributed by atoms with Crippen molar-refractivity contribution in [3.8, 4) is 0 Å². The molecule has 2 nitrogen and oxygen atoms in total.